The van der Waals surface area contributed by atoms with Gasteiger partial charge >= 0.3 is 18.0 Å². The molecule has 0 radical (unpaired) electrons. The highest BCUT2D eigenvalue weighted by molar-refractivity contribution is 6.05. The summed E-state index contributed by atoms with van der Waals surface area (Å²) in [4.78, 5) is 46.0. The number of piperidine rings is 1. The lowest BCUT2D eigenvalue weighted by molar-refractivity contribution is -0.134. The van der Waals surface area contributed by atoms with E-state index in [1.807, 2.05) is 6.92 Å². The molecule has 2 unspecified atom stereocenters. The highest BCUT2D eigenvalue weighted by Gasteiger charge is 2.38. The average molecular weight is 447 g/mol. The fourth-order valence-electron chi connectivity index (χ4n) is 4.00. The van der Waals surface area contributed by atoms with E-state index in [1.165, 1.54) is 12.8 Å². The summed E-state index contributed by atoms with van der Waals surface area (Å²) in [6.45, 7) is 2.32. The van der Waals surface area contributed by atoms with Crippen LogP contribution in [0.5, 0.6) is 5.75 Å². The minimum Gasteiger partial charge on any atom is -0.493 e. The van der Waals surface area contributed by atoms with Crippen molar-refractivity contribution in [2.75, 3.05) is 13.7 Å². The number of carbonyl (C=O) groups excluding carboxylic acids is 2. The molecule has 4 N–H and O–H groups in total. The molecule has 10 nitrogen and oxygen atoms in total. The van der Waals surface area contributed by atoms with Crippen LogP contribution in [0, 0.1) is 0 Å². The van der Waals surface area contributed by atoms with Gasteiger partial charge in [0.15, 0.2) is 0 Å². The molecule has 2 aliphatic rings. The van der Waals surface area contributed by atoms with E-state index in [2.05, 4.69) is 22.6 Å². The number of amides is 3. The number of fused-ring (bicyclic) bond motifs is 2. The van der Waals surface area contributed by atoms with Gasteiger partial charge in [0.2, 0.25) is 0 Å². The quantitative estimate of drug-likeness (QED) is 0.484. The molecule has 1 aromatic rings. The largest absolute Gasteiger partial charge is 0.493 e. The maximum Gasteiger partial charge on any atom is 0.328 e. The number of carboxylic acids is 2. The van der Waals surface area contributed by atoms with Gasteiger partial charge in [-0.2, -0.15) is 0 Å². The minimum atomic E-state index is -1.26. The van der Waals surface area contributed by atoms with Crippen molar-refractivity contribution in [2.24, 2.45) is 0 Å². The van der Waals surface area contributed by atoms with Crippen molar-refractivity contribution in [2.45, 2.75) is 50.7 Å². The number of carboxylic acid groups (broad SMARTS) is 2. The molecule has 2 heterocycles. The summed E-state index contributed by atoms with van der Waals surface area (Å²) in [6, 6.07) is 7.73. The number of imide groups is 1. The van der Waals surface area contributed by atoms with Crippen molar-refractivity contribution in [1.29, 1.82) is 0 Å². The van der Waals surface area contributed by atoms with Gasteiger partial charge in [-0.1, -0.05) is 12.1 Å². The van der Waals surface area contributed by atoms with Crippen LogP contribution in [0.3, 0.4) is 0 Å². The molecule has 1 aromatic carbocycles. The molecule has 0 spiro atoms. The number of para-hydroxylation sites is 1. The van der Waals surface area contributed by atoms with Crippen molar-refractivity contribution in [3.8, 4) is 5.75 Å². The van der Waals surface area contributed by atoms with Crippen LogP contribution in [0.1, 0.15) is 43.0 Å². The Hall–Kier alpha value is -3.40. The van der Waals surface area contributed by atoms with Crippen molar-refractivity contribution in [3.05, 3.63) is 42.0 Å². The van der Waals surface area contributed by atoms with Gasteiger partial charge in [-0.3, -0.25) is 10.1 Å². The van der Waals surface area contributed by atoms with Crippen molar-refractivity contribution < 1.29 is 34.1 Å². The van der Waals surface area contributed by atoms with E-state index in [4.69, 9.17) is 14.9 Å². The molecule has 0 saturated carbocycles. The first kappa shape index (κ1) is 24.9. The molecule has 10 heteroatoms. The van der Waals surface area contributed by atoms with Gasteiger partial charge in [0.05, 0.1) is 12.2 Å². The van der Waals surface area contributed by atoms with Crippen LogP contribution >= 0.6 is 0 Å². The van der Waals surface area contributed by atoms with Crippen LogP contribution in [0.2, 0.25) is 0 Å². The Morgan fingerprint density at radius 3 is 2.16 bits per heavy atom. The van der Waals surface area contributed by atoms with Gasteiger partial charge in [-0.05, 0) is 51.8 Å². The molecule has 0 aromatic heterocycles. The first-order chi connectivity index (χ1) is 15.2. The Balaban J connectivity index is 0.000000390. The molecule has 3 rings (SSSR count). The number of benzene rings is 1. The molecule has 32 heavy (non-hydrogen) atoms. The molecule has 2 saturated heterocycles. The third kappa shape index (κ3) is 7.38. The van der Waals surface area contributed by atoms with Crippen LogP contribution in [-0.4, -0.2) is 70.8 Å². The van der Waals surface area contributed by atoms with Crippen molar-refractivity contribution in [3.63, 3.8) is 0 Å². The van der Waals surface area contributed by atoms with Gasteiger partial charge in [0, 0.05) is 30.3 Å². The molecule has 2 atom stereocenters. The smallest absolute Gasteiger partial charge is 0.328 e. The highest BCUT2D eigenvalue weighted by Crippen LogP contribution is 2.34. The van der Waals surface area contributed by atoms with E-state index < -0.39 is 23.9 Å². The number of hydrogen-bond donors (Lipinski definition) is 4. The third-order valence-corrected chi connectivity index (χ3v) is 5.46. The number of carbonyl (C=O) groups is 4. The predicted octanol–water partition coefficient (Wildman–Crippen LogP) is 1.86. The molecular weight excluding hydrogens is 418 g/mol. The number of nitrogens with one attached hydrogen (secondary N) is 2. The van der Waals surface area contributed by atoms with Crippen LogP contribution in [-0.2, 0) is 9.59 Å². The lowest BCUT2D eigenvalue weighted by atomic mass is 9.98. The normalized spacial score (nSPS) is 21.9. The van der Waals surface area contributed by atoms with Crippen molar-refractivity contribution in [1.82, 2.24) is 15.5 Å². The third-order valence-electron chi connectivity index (χ3n) is 5.46. The zero-order chi connectivity index (χ0) is 23.7. The van der Waals surface area contributed by atoms with Crippen LogP contribution in [0.4, 0.5) is 4.79 Å². The second-order valence-corrected chi connectivity index (χ2v) is 7.59. The first-order valence-corrected chi connectivity index (χ1v) is 10.4. The van der Waals surface area contributed by atoms with E-state index in [0.29, 0.717) is 42.2 Å². The Labute approximate surface area is 186 Å². The van der Waals surface area contributed by atoms with Gasteiger partial charge < -0.3 is 25.2 Å². The van der Waals surface area contributed by atoms with Gasteiger partial charge in [0.25, 0.3) is 5.91 Å². The van der Waals surface area contributed by atoms with Crippen LogP contribution < -0.4 is 15.4 Å². The van der Waals surface area contributed by atoms with E-state index in [-0.39, 0.29) is 6.04 Å². The number of hydrogen-bond acceptors (Lipinski definition) is 6. The molecule has 3 amide bonds. The molecule has 2 fully saturated rings. The fourth-order valence-corrected chi connectivity index (χ4v) is 4.00. The number of urea groups is 1. The summed E-state index contributed by atoms with van der Waals surface area (Å²) >= 11 is 0. The lowest BCUT2D eigenvalue weighted by Gasteiger charge is -2.36. The summed E-state index contributed by atoms with van der Waals surface area (Å²) in [5, 5.41) is 21.0. The molecular formula is C22H29N3O7. The van der Waals surface area contributed by atoms with E-state index in [1.54, 1.807) is 24.3 Å². The van der Waals surface area contributed by atoms with E-state index >= 15 is 0 Å². The topological polar surface area (TPSA) is 145 Å². The zero-order valence-corrected chi connectivity index (χ0v) is 18.1. The maximum atomic E-state index is 12.3. The Bertz CT molecular complexity index is 841. The second kappa shape index (κ2) is 11.8. The van der Waals surface area contributed by atoms with Gasteiger partial charge in [-0.25, -0.2) is 14.4 Å². The van der Waals surface area contributed by atoms with Crippen LogP contribution in [0.25, 0.3) is 0 Å². The number of ether oxygens (including phenoxy) is 1. The van der Waals surface area contributed by atoms with E-state index in [0.717, 1.165) is 12.8 Å². The summed E-state index contributed by atoms with van der Waals surface area (Å²) in [6.07, 6.45) is 5.40. The van der Waals surface area contributed by atoms with Gasteiger partial charge in [0.1, 0.15) is 5.75 Å². The molecule has 2 bridgehead atoms. The summed E-state index contributed by atoms with van der Waals surface area (Å²) in [5.74, 6) is -2.46. The Morgan fingerprint density at radius 2 is 1.62 bits per heavy atom. The highest BCUT2D eigenvalue weighted by atomic mass is 16.5. The maximum absolute atomic E-state index is 12.3. The van der Waals surface area contributed by atoms with Crippen LogP contribution in [0.15, 0.2) is 36.4 Å². The molecule has 174 valence electrons. The van der Waals surface area contributed by atoms with Crippen molar-refractivity contribution >= 4 is 23.9 Å². The summed E-state index contributed by atoms with van der Waals surface area (Å²) in [5.41, 5.74) is 0.373. The van der Waals surface area contributed by atoms with Gasteiger partial charge in [-0.15, -0.1) is 0 Å². The monoisotopic (exact) mass is 447 g/mol. The number of aliphatic carboxylic acids is 2. The Kier molecular flexibility index (Phi) is 9.21. The fraction of sp³-hybridized carbons (Fsp3) is 0.455. The zero-order valence-electron chi connectivity index (χ0n) is 18.1. The standard InChI is InChI=1S/C18H25N3O3.C4H4O4/c1-3-24-16-7-5-4-6-15(16)17(22)20-18(23)19-12-10-13-8-9-14(11-12)21(13)2;5-3(6)1-2-4(7)8/h4-7,12-14H,3,8-11H2,1-2H3,(H2,19,20,22,23);1-2H,(H,5,6)(H,7,8)/b;2-1+. The number of nitrogens with zero attached hydrogens (tertiary/aromatic N) is 1. The lowest BCUT2D eigenvalue weighted by Crippen LogP contribution is -2.51. The molecule has 2 aliphatic heterocycles. The SMILES string of the molecule is CCOc1ccccc1C(=O)NC(=O)NC1CC2CCC(C1)N2C.O=C(O)/C=C/C(=O)O. The number of rotatable bonds is 6. The molecule has 0 aliphatic carbocycles. The second-order valence-electron chi connectivity index (χ2n) is 7.59. The predicted molar refractivity (Wildman–Crippen MR) is 116 cm³/mol. The Morgan fingerprint density at radius 1 is 1.06 bits per heavy atom. The summed E-state index contributed by atoms with van der Waals surface area (Å²) < 4.78 is 5.44. The van der Waals surface area contributed by atoms with E-state index in [9.17, 15) is 19.2 Å². The minimum absolute atomic E-state index is 0.133. The first-order valence-electron chi connectivity index (χ1n) is 10.4. The average Bonchev–Trinajstić information content (AvgIpc) is 2.94. The summed E-state index contributed by atoms with van der Waals surface area (Å²) in [7, 11) is 2.16.